The summed E-state index contributed by atoms with van der Waals surface area (Å²) in [7, 11) is 1.49. The fraction of sp³-hybridized carbons (Fsp3) is 0.130. The molecule has 32 heavy (non-hydrogen) atoms. The summed E-state index contributed by atoms with van der Waals surface area (Å²) in [5, 5.41) is 11.1. The zero-order valence-electron chi connectivity index (χ0n) is 17.3. The first-order valence-corrected chi connectivity index (χ1v) is 10.2. The number of methoxy groups -OCH3 is 1. The van der Waals surface area contributed by atoms with E-state index in [0.29, 0.717) is 28.3 Å². The molecule has 0 atom stereocenters. The molecule has 4 rings (SSSR count). The van der Waals surface area contributed by atoms with Crippen LogP contribution in [0.3, 0.4) is 0 Å². The molecule has 2 aromatic carbocycles. The molecule has 0 unspecified atom stereocenters. The Morgan fingerprint density at radius 2 is 1.94 bits per heavy atom. The molecule has 0 radical (unpaired) electrons. The van der Waals surface area contributed by atoms with Crippen molar-refractivity contribution in [1.82, 2.24) is 9.55 Å². The molecule has 2 N–H and O–H groups in total. The second kappa shape index (κ2) is 8.64. The molecular weight excluding hydrogens is 430 g/mol. The van der Waals surface area contributed by atoms with Gasteiger partial charge in [0.05, 0.1) is 25.1 Å². The van der Waals surface area contributed by atoms with E-state index in [1.54, 1.807) is 55.5 Å². The number of benzene rings is 2. The molecule has 9 heteroatoms. The number of ether oxygens (including phenoxy) is 2. The Hall–Kier alpha value is -3.98. The standard InChI is InChI=1S/C23H19N3O5S/c1-3-31-22(29)19-14(13-8-4-5-9-16(13)24-19)12-15-20(27)25-23(32)26(21(15)28)17-10-6-7-11-18(17)30-2/h4-12,28H,3H2,1-2H3,(H,25,27,32)/b14-12+. The first-order valence-electron chi connectivity index (χ1n) is 9.75. The molecule has 0 aliphatic carbocycles. The Morgan fingerprint density at radius 1 is 1.22 bits per heavy atom. The van der Waals surface area contributed by atoms with Crippen molar-refractivity contribution < 1.29 is 19.4 Å². The Bertz CT molecular complexity index is 1400. The third-order valence-electron chi connectivity index (χ3n) is 4.89. The number of aromatic hydroxyl groups is 1. The zero-order valence-corrected chi connectivity index (χ0v) is 18.1. The van der Waals surface area contributed by atoms with Gasteiger partial charge in [-0.3, -0.25) is 14.3 Å². The molecule has 1 aromatic heterocycles. The number of fused-ring (bicyclic) bond motifs is 1. The lowest BCUT2D eigenvalue weighted by molar-refractivity contribution is -0.134. The van der Waals surface area contributed by atoms with Gasteiger partial charge in [0.1, 0.15) is 11.3 Å². The van der Waals surface area contributed by atoms with Crippen molar-refractivity contribution in [2.75, 3.05) is 13.7 Å². The molecule has 162 valence electrons. The summed E-state index contributed by atoms with van der Waals surface area (Å²) >= 11 is 5.29. The smallest absolute Gasteiger partial charge is 0.357 e. The van der Waals surface area contributed by atoms with Gasteiger partial charge in [-0.1, -0.05) is 30.3 Å². The van der Waals surface area contributed by atoms with Crippen LogP contribution in [0.25, 0.3) is 17.3 Å². The highest BCUT2D eigenvalue weighted by Gasteiger charge is 2.28. The van der Waals surface area contributed by atoms with Crippen molar-refractivity contribution in [3.05, 3.63) is 74.8 Å². The quantitative estimate of drug-likeness (QED) is 0.453. The van der Waals surface area contributed by atoms with Crippen LogP contribution < -0.4 is 10.3 Å². The topological polar surface area (TPSA) is 106 Å². The fourth-order valence-electron chi connectivity index (χ4n) is 3.46. The average molecular weight is 449 g/mol. The van der Waals surface area contributed by atoms with Crippen LogP contribution >= 0.6 is 12.2 Å². The SMILES string of the molecule is CCOC(=O)C1=Nc2ccccc2/C1=C\c1c(O)n(-c2ccccc2OC)c(=S)[nH]c1=O. The first-order chi connectivity index (χ1) is 15.5. The molecule has 2 heterocycles. The van der Waals surface area contributed by atoms with Crippen molar-refractivity contribution in [3.8, 4) is 17.3 Å². The third kappa shape index (κ3) is 3.63. The molecule has 0 fully saturated rings. The normalized spacial score (nSPS) is 13.6. The number of aromatic nitrogens is 2. The van der Waals surface area contributed by atoms with Crippen LogP contribution in [0.5, 0.6) is 11.6 Å². The lowest BCUT2D eigenvalue weighted by Gasteiger charge is -2.15. The van der Waals surface area contributed by atoms with Crippen LogP contribution in [0.1, 0.15) is 18.1 Å². The van der Waals surface area contributed by atoms with Crippen molar-refractivity contribution >= 4 is 41.2 Å². The number of hydrogen-bond acceptors (Lipinski definition) is 7. The summed E-state index contributed by atoms with van der Waals surface area (Å²) in [4.78, 5) is 32.2. The van der Waals surface area contributed by atoms with Crippen molar-refractivity contribution in [2.24, 2.45) is 4.99 Å². The number of carbonyl (C=O) groups excluding carboxylic acids is 1. The Kier molecular flexibility index (Phi) is 5.74. The number of hydrogen-bond donors (Lipinski definition) is 2. The molecule has 8 nitrogen and oxygen atoms in total. The minimum atomic E-state index is -0.622. The van der Waals surface area contributed by atoms with Crippen molar-refractivity contribution in [3.63, 3.8) is 0 Å². The van der Waals surface area contributed by atoms with Gasteiger partial charge < -0.3 is 14.6 Å². The van der Waals surface area contributed by atoms with E-state index in [0.717, 1.165) is 0 Å². The molecule has 0 saturated heterocycles. The van der Waals surface area contributed by atoms with E-state index in [1.165, 1.54) is 17.8 Å². The van der Waals surface area contributed by atoms with Crippen LogP contribution in [0, 0.1) is 4.77 Å². The second-order valence-corrected chi connectivity index (χ2v) is 7.15. The predicted molar refractivity (Wildman–Crippen MR) is 123 cm³/mol. The number of rotatable bonds is 5. The maximum absolute atomic E-state index is 12.8. The number of aliphatic imine (C=N–C) groups is 1. The fourth-order valence-corrected chi connectivity index (χ4v) is 3.74. The monoisotopic (exact) mass is 449 g/mol. The van der Waals surface area contributed by atoms with Gasteiger partial charge in [0.2, 0.25) is 5.88 Å². The Morgan fingerprint density at radius 3 is 2.69 bits per heavy atom. The van der Waals surface area contributed by atoms with E-state index >= 15 is 0 Å². The van der Waals surface area contributed by atoms with Crippen molar-refractivity contribution in [1.29, 1.82) is 0 Å². The number of carbonyl (C=O) groups is 1. The van der Waals surface area contributed by atoms with Gasteiger partial charge in [-0.25, -0.2) is 9.79 Å². The average Bonchev–Trinajstić information content (AvgIpc) is 3.15. The number of nitrogens with one attached hydrogen (secondary N) is 1. The van der Waals surface area contributed by atoms with Gasteiger partial charge in [-0.2, -0.15) is 0 Å². The predicted octanol–water partition coefficient (Wildman–Crippen LogP) is 3.80. The summed E-state index contributed by atoms with van der Waals surface area (Å²) in [6.45, 7) is 1.87. The molecule has 1 aliphatic rings. The lowest BCUT2D eigenvalue weighted by Crippen LogP contribution is -2.19. The van der Waals surface area contributed by atoms with Gasteiger partial charge in [0.25, 0.3) is 5.56 Å². The highest BCUT2D eigenvalue weighted by atomic mass is 32.1. The van der Waals surface area contributed by atoms with Crippen LogP contribution in [0.4, 0.5) is 5.69 Å². The van der Waals surface area contributed by atoms with E-state index < -0.39 is 17.4 Å². The zero-order chi connectivity index (χ0) is 22.8. The van der Waals surface area contributed by atoms with Crippen LogP contribution in [0.2, 0.25) is 0 Å². The van der Waals surface area contributed by atoms with Gasteiger partial charge in [-0.05, 0) is 43.4 Å². The molecule has 0 saturated carbocycles. The maximum atomic E-state index is 12.8. The lowest BCUT2D eigenvalue weighted by atomic mass is 10.0. The maximum Gasteiger partial charge on any atom is 0.357 e. The van der Waals surface area contributed by atoms with Gasteiger partial charge in [0, 0.05) is 11.1 Å². The van der Waals surface area contributed by atoms with E-state index in [9.17, 15) is 14.7 Å². The number of esters is 1. The number of nitrogens with zero attached hydrogens (tertiary/aromatic N) is 2. The molecular formula is C23H19N3O5S. The molecule has 3 aromatic rings. The molecule has 0 amide bonds. The van der Waals surface area contributed by atoms with E-state index in [2.05, 4.69) is 9.98 Å². The number of para-hydroxylation sites is 3. The minimum Gasteiger partial charge on any atom is -0.495 e. The van der Waals surface area contributed by atoms with Gasteiger partial charge >= 0.3 is 5.97 Å². The third-order valence-corrected chi connectivity index (χ3v) is 5.17. The molecule has 0 bridgehead atoms. The highest BCUT2D eigenvalue weighted by molar-refractivity contribution is 7.71. The van der Waals surface area contributed by atoms with Crippen LogP contribution in [-0.4, -0.2) is 40.1 Å². The number of aromatic amines is 1. The summed E-state index contributed by atoms with van der Waals surface area (Å²) in [6, 6.07) is 14.0. The van der Waals surface area contributed by atoms with Crippen LogP contribution in [-0.2, 0) is 9.53 Å². The summed E-state index contributed by atoms with van der Waals surface area (Å²) < 4.78 is 11.8. The molecule has 0 spiro atoms. The molecule has 1 aliphatic heterocycles. The number of H-pyrrole nitrogens is 1. The minimum absolute atomic E-state index is 0.00902. The summed E-state index contributed by atoms with van der Waals surface area (Å²) in [6.07, 6.45) is 1.41. The second-order valence-electron chi connectivity index (χ2n) is 6.76. The largest absolute Gasteiger partial charge is 0.495 e. The van der Waals surface area contributed by atoms with E-state index in [1.807, 2.05) is 0 Å². The van der Waals surface area contributed by atoms with Crippen molar-refractivity contribution in [2.45, 2.75) is 6.92 Å². The van der Waals surface area contributed by atoms with E-state index in [4.69, 9.17) is 21.7 Å². The van der Waals surface area contributed by atoms with Crippen LogP contribution in [0.15, 0.2) is 58.3 Å². The Labute approximate surface area is 188 Å². The summed E-state index contributed by atoms with van der Waals surface area (Å²) in [5.41, 5.74) is 1.36. The summed E-state index contributed by atoms with van der Waals surface area (Å²) in [5.74, 6) is -0.573. The van der Waals surface area contributed by atoms with Gasteiger partial charge in [-0.15, -0.1) is 0 Å². The Balaban J connectivity index is 1.96. The van der Waals surface area contributed by atoms with E-state index in [-0.39, 0.29) is 22.7 Å². The van der Waals surface area contributed by atoms with Gasteiger partial charge in [0.15, 0.2) is 10.5 Å². The first kappa shape index (κ1) is 21.3. The highest BCUT2D eigenvalue weighted by Crippen LogP contribution is 2.37.